The monoisotopic (exact) mass is 215 g/mol. The molecule has 0 heterocycles. The van der Waals surface area contributed by atoms with Crippen LogP contribution >= 0.6 is 0 Å². The van der Waals surface area contributed by atoms with Crippen LogP contribution in [0.3, 0.4) is 0 Å². The van der Waals surface area contributed by atoms with Gasteiger partial charge in [-0.1, -0.05) is 13.8 Å². The van der Waals surface area contributed by atoms with Crippen molar-refractivity contribution >= 4 is 0 Å². The fourth-order valence-corrected chi connectivity index (χ4v) is 2.75. The highest BCUT2D eigenvalue weighted by Gasteiger charge is 2.51. The summed E-state index contributed by atoms with van der Waals surface area (Å²) in [6.45, 7) is 7.14. The zero-order chi connectivity index (χ0) is 11.5. The lowest BCUT2D eigenvalue weighted by atomic mass is 9.59. The number of methoxy groups -OCH3 is 1. The van der Waals surface area contributed by atoms with Crippen molar-refractivity contribution < 1.29 is 9.47 Å². The third kappa shape index (κ3) is 2.35. The molecule has 0 radical (unpaired) electrons. The first-order valence-electron chi connectivity index (χ1n) is 6.00. The molecule has 0 aromatic carbocycles. The van der Waals surface area contributed by atoms with Crippen molar-refractivity contribution in [2.45, 2.75) is 58.3 Å². The standard InChI is InChI=1S/C12H25NO2/c1-5-12(6-2)10(13)7-11(12)15-9(3)8-14-4/h9-11H,5-8,13H2,1-4H3. The molecule has 2 N–H and O–H groups in total. The van der Waals surface area contributed by atoms with Crippen LogP contribution < -0.4 is 5.73 Å². The fourth-order valence-electron chi connectivity index (χ4n) is 2.75. The molecular weight excluding hydrogens is 190 g/mol. The number of rotatable bonds is 6. The molecule has 1 rings (SSSR count). The van der Waals surface area contributed by atoms with Gasteiger partial charge in [-0.2, -0.15) is 0 Å². The summed E-state index contributed by atoms with van der Waals surface area (Å²) in [5.41, 5.74) is 6.32. The first-order chi connectivity index (χ1) is 7.10. The molecule has 0 saturated heterocycles. The van der Waals surface area contributed by atoms with Crippen LogP contribution in [-0.4, -0.2) is 32.0 Å². The molecule has 15 heavy (non-hydrogen) atoms. The van der Waals surface area contributed by atoms with E-state index in [0.717, 1.165) is 19.3 Å². The van der Waals surface area contributed by atoms with E-state index >= 15 is 0 Å². The molecule has 0 aromatic heterocycles. The number of hydrogen-bond acceptors (Lipinski definition) is 3. The first-order valence-corrected chi connectivity index (χ1v) is 6.00. The van der Waals surface area contributed by atoms with E-state index in [1.165, 1.54) is 0 Å². The van der Waals surface area contributed by atoms with E-state index in [1.807, 2.05) is 0 Å². The van der Waals surface area contributed by atoms with Crippen LogP contribution in [0.5, 0.6) is 0 Å². The van der Waals surface area contributed by atoms with Crippen LogP contribution in [-0.2, 0) is 9.47 Å². The maximum absolute atomic E-state index is 6.11. The van der Waals surface area contributed by atoms with E-state index in [2.05, 4.69) is 20.8 Å². The second-order valence-electron chi connectivity index (χ2n) is 4.67. The molecule has 3 nitrogen and oxygen atoms in total. The van der Waals surface area contributed by atoms with E-state index in [9.17, 15) is 0 Å². The maximum Gasteiger partial charge on any atom is 0.0784 e. The Labute approximate surface area is 93.3 Å². The maximum atomic E-state index is 6.11. The van der Waals surface area contributed by atoms with Gasteiger partial charge in [0, 0.05) is 18.6 Å². The normalized spacial score (nSPS) is 31.0. The van der Waals surface area contributed by atoms with Crippen molar-refractivity contribution in [2.24, 2.45) is 11.1 Å². The van der Waals surface area contributed by atoms with E-state index < -0.39 is 0 Å². The molecule has 1 saturated carbocycles. The minimum absolute atomic E-state index is 0.171. The second-order valence-corrected chi connectivity index (χ2v) is 4.67. The summed E-state index contributed by atoms with van der Waals surface area (Å²) in [6, 6.07) is 0.312. The van der Waals surface area contributed by atoms with Crippen molar-refractivity contribution in [3.8, 4) is 0 Å². The highest BCUT2D eigenvalue weighted by Crippen LogP contribution is 2.48. The Balaban J connectivity index is 2.49. The highest BCUT2D eigenvalue weighted by molar-refractivity contribution is 5.05. The molecule has 0 amide bonds. The van der Waals surface area contributed by atoms with E-state index in [1.54, 1.807) is 7.11 Å². The summed E-state index contributed by atoms with van der Waals surface area (Å²) in [5.74, 6) is 0. The zero-order valence-electron chi connectivity index (χ0n) is 10.5. The predicted molar refractivity (Wildman–Crippen MR) is 61.8 cm³/mol. The van der Waals surface area contributed by atoms with Gasteiger partial charge >= 0.3 is 0 Å². The van der Waals surface area contributed by atoms with Crippen LogP contribution in [0.4, 0.5) is 0 Å². The SMILES string of the molecule is CCC1(CC)C(N)CC1OC(C)COC. The zero-order valence-corrected chi connectivity index (χ0v) is 10.5. The molecule has 90 valence electrons. The van der Waals surface area contributed by atoms with Gasteiger partial charge in [-0.3, -0.25) is 0 Å². The lowest BCUT2D eigenvalue weighted by Gasteiger charge is -2.54. The summed E-state index contributed by atoms with van der Waals surface area (Å²) in [4.78, 5) is 0. The average Bonchev–Trinajstić information content (AvgIpc) is 2.19. The first kappa shape index (κ1) is 12.9. The largest absolute Gasteiger partial charge is 0.382 e. The van der Waals surface area contributed by atoms with E-state index in [4.69, 9.17) is 15.2 Å². The Bertz CT molecular complexity index is 192. The lowest BCUT2D eigenvalue weighted by Crippen LogP contribution is -2.62. The third-order valence-electron chi connectivity index (χ3n) is 3.96. The minimum atomic E-state index is 0.171. The molecule has 1 aliphatic rings. The molecule has 3 unspecified atom stereocenters. The van der Waals surface area contributed by atoms with Crippen molar-refractivity contribution in [3.05, 3.63) is 0 Å². The van der Waals surface area contributed by atoms with Gasteiger partial charge in [0.2, 0.25) is 0 Å². The molecule has 1 aliphatic carbocycles. The summed E-state index contributed by atoms with van der Waals surface area (Å²) >= 11 is 0. The van der Waals surface area contributed by atoms with Gasteiger partial charge in [0.1, 0.15) is 0 Å². The van der Waals surface area contributed by atoms with Crippen LogP contribution in [0.15, 0.2) is 0 Å². The van der Waals surface area contributed by atoms with Gasteiger partial charge < -0.3 is 15.2 Å². The molecule has 3 atom stereocenters. The topological polar surface area (TPSA) is 44.5 Å². The number of ether oxygens (including phenoxy) is 2. The van der Waals surface area contributed by atoms with E-state index in [0.29, 0.717) is 18.8 Å². The van der Waals surface area contributed by atoms with Crippen LogP contribution in [0.25, 0.3) is 0 Å². The average molecular weight is 215 g/mol. The minimum Gasteiger partial charge on any atom is -0.382 e. The number of nitrogens with two attached hydrogens (primary N) is 1. The predicted octanol–water partition coefficient (Wildman–Crippen LogP) is 1.94. The van der Waals surface area contributed by atoms with Gasteiger partial charge in [0.15, 0.2) is 0 Å². The molecule has 1 fully saturated rings. The molecule has 0 aliphatic heterocycles. The Hall–Kier alpha value is -0.120. The van der Waals surface area contributed by atoms with Gasteiger partial charge in [-0.05, 0) is 26.2 Å². The smallest absolute Gasteiger partial charge is 0.0784 e. The lowest BCUT2D eigenvalue weighted by molar-refractivity contribution is -0.164. The third-order valence-corrected chi connectivity index (χ3v) is 3.96. The van der Waals surface area contributed by atoms with Crippen LogP contribution in [0, 0.1) is 5.41 Å². The van der Waals surface area contributed by atoms with Gasteiger partial charge in [0.05, 0.1) is 18.8 Å². The van der Waals surface area contributed by atoms with Crippen molar-refractivity contribution in [1.82, 2.24) is 0 Å². The Kier molecular flexibility index (Phi) is 4.56. The van der Waals surface area contributed by atoms with Crippen LogP contribution in [0.2, 0.25) is 0 Å². The second kappa shape index (κ2) is 5.28. The highest BCUT2D eigenvalue weighted by atomic mass is 16.5. The molecule has 0 spiro atoms. The summed E-state index contributed by atoms with van der Waals surface area (Å²) in [6.07, 6.45) is 3.71. The van der Waals surface area contributed by atoms with E-state index in [-0.39, 0.29) is 11.5 Å². The van der Waals surface area contributed by atoms with Gasteiger partial charge in [-0.15, -0.1) is 0 Å². The van der Waals surface area contributed by atoms with Crippen molar-refractivity contribution in [2.75, 3.05) is 13.7 Å². The van der Waals surface area contributed by atoms with Gasteiger partial charge in [-0.25, -0.2) is 0 Å². The van der Waals surface area contributed by atoms with Crippen molar-refractivity contribution in [3.63, 3.8) is 0 Å². The molecular formula is C12H25NO2. The summed E-state index contributed by atoms with van der Waals surface area (Å²) in [5, 5.41) is 0. The Morgan fingerprint density at radius 3 is 2.40 bits per heavy atom. The molecule has 3 heteroatoms. The van der Waals surface area contributed by atoms with Gasteiger partial charge in [0.25, 0.3) is 0 Å². The summed E-state index contributed by atoms with van der Waals surface area (Å²) < 4.78 is 11.1. The molecule has 0 aromatic rings. The Morgan fingerprint density at radius 1 is 1.40 bits per heavy atom. The molecule has 0 bridgehead atoms. The Morgan fingerprint density at radius 2 is 2.00 bits per heavy atom. The summed E-state index contributed by atoms with van der Waals surface area (Å²) in [7, 11) is 1.71. The fraction of sp³-hybridized carbons (Fsp3) is 1.00. The number of hydrogen-bond donors (Lipinski definition) is 1. The van der Waals surface area contributed by atoms with Crippen molar-refractivity contribution in [1.29, 1.82) is 0 Å². The van der Waals surface area contributed by atoms with Crippen LogP contribution in [0.1, 0.15) is 40.0 Å². The quantitative estimate of drug-likeness (QED) is 0.736.